The largest absolute Gasteiger partial charge is 0.348 e. The molecular weight excluding hydrogens is 267 g/mol. The first kappa shape index (κ1) is 14.5. The monoisotopic (exact) mass is 288 g/mol. The first-order chi connectivity index (χ1) is 10.3. The molecule has 1 aliphatic heterocycles. The van der Waals surface area contributed by atoms with E-state index in [1.807, 2.05) is 6.08 Å². The van der Waals surface area contributed by atoms with E-state index in [0.717, 1.165) is 18.4 Å². The van der Waals surface area contributed by atoms with Crippen molar-refractivity contribution < 1.29 is 13.9 Å². The van der Waals surface area contributed by atoms with Gasteiger partial charge in [0.15, 0.2) is 6.29 Å². The molecule has 0 bridgehead atoms. The highest BCUT2D eigenvalue weighted by Gasteiger charge is 2.22. The second kappa shape index (κ2) is 6.54. The summed E-state index contributed by atoms with van der Waals surface area (Å²) < 4.78 is 24.5. The Morgan fingerprint density at radius 3 is 2.33 bits per heavy atom. The fraction of sp³-hybridized carbons (Fsp3) is 0.444. The number of hydrogen-bond donors (Lipinski definition) is 0. The summed E-state index contributed by atoms with van der Waals surface area (Å²) >= 11 is 0. The molecule has 2 aliphatic rings. The highest BCUT2D eigenvalue weighted by atomic mass is 19.1. The average molecular weight is 288 g/mol. The second-order valence-electron chi connectivity index (χ2n) is 5.78. The molecule has 0 aromatic heterocycles. The van der Waals surface area contributed by atoms with Gasteiger partial charge in [0.2, 0.25) is 0 Å². The molecule has 0 spiro atoms. The van der Waals surface area contributed by atoms with Crippen molar-refractivity contribution in [2.75, 3.05) is 13.2 Å². The molecule has 1 atom stereocenters. The van der Waals surface area contributed by atoms with Crippen molar-refractivity contribution in [2.24, 2.45) is 5.92 Å². The molecule has 1 aromatic carbocycles. The van der Waals surface area contributed by atoms with E-state index in [9.17, 15) is 4.39 Å². The summed E-state index contributed by atoms with van der Waals surface area (Å²) in [5.74, 6) is 0.741. The lowest BCUT2D eigenvalue weighted by Gasteiger charge is -2.28. The molecule has 1 heterocycles. The van der Waals surface area contributed by atoms with Gasteiger partial charge in [0, 0.05) is 11.5 Å². The van der Waals surface area contributed by atoms with Crippen molar-refractivity contribution in [1.82, 2.24) is 0 Å². The lowest BCUT2D eigenvalue weighted by atomic mass is 9.87. The maximum Gasteiger partial charge on any atom is 0.183 e. The third kappa shape index (κ3) is 3.42. The minimum Gasteiger partial charge on any atom is -0.348 e. The molecule has 1 unspecified atom stereocenters. The number of ether oxygens (including phenoxy) is 2. The summed E-state index contributed by atoms with van der Waals surface area (Å²) in [4.78, 5) is 0. The van der Waals surface area contributed by atoms with Crippen molar-refractivity contribution in [2.45, 2.75) is 31.5 Å². The third-order valence-electron chi connectivity index (χ3n) is 4.29. The van der Waals surface area contributed by atoms with E-state index in [0.29, 0.717) is 25.6 Å². The average Bonchev–Trinajstić information content (AvgIpc) is 2.56. The first-order valence-corrected chi connectivity index (χ1v) is 7.56. The van der Waals surface area contributed by atoms with E-state index in [4.69, 9.17) is 9.47 Å². The zero-order valence-electron chi connectivity index (χ0n) is 12.1. The topological polar surface area (TPSA) is 18.5 Å². The lowest BCUT2D eigenvalue weighted by molar-refractivity contribution is -0.197. The van der Waals surface area contributed by atoms with Crippen molar-refractivity contribution in [3.05, 3.63) is 60.0 Å². The van der Waals surface area contributed by atoms with Gasteiger partial charge in [-0.25, -0.2) is 4.39 Å². The summed E-state index contributed by atoms with van der Waals surface area (Å²) in [6.45, 7) is 5.07. The minimum absolute atomic E-state index is 0.0312. The van der Waals surface area contributed by atoms with Gasteiger partial charge in [-0.3, -0.25) is 0 Å². The number of benzene rings is 1. The lowest BCUT2D eigenvalue weighted by Crippen LogP contribution is -2.25. The Balaban J connectivity index is 1.63. The van der Waals surface area contributed by atoms with Crippen molar-refractivity contribution in [1.29, 1.82) is 0 Å². The van der Waals surface area contributed by atoms with Crippen molar-refractivity contribution >= 4 is 0 Å². The van der Waals surface area contributed by atoms with E-state index in [-0.39, 0.29) is 18.0 Å². The standard InChI is InChI=1S/C18H21FO2/c1-2-13-11-20-18(21-12-13)16-5-3-14(4-6-16)15-7-9-17(19)10-8-15/h2-6,9,13,15,18H,1,7-8,10-12H2/t13-,15?,18-. The number of allylic oxidation sites excluding steroid dienone is 2. The quantitative estimate of drug-likeness (QED) is 0.753. The molecule has 1 saturated heterocycles. The van der Waals surface area contributed by atoms with Crippen LogP contribution in [0.5, 0.6) is 0 Å². The summed E-state index contributed by atoms with van der Waals surface area (Å²) in [6.07, 6.45) is 5.55. The summed E-state index contributed by atoms with van der Waals surface area (Å²) in [7, 11) is 0. The normalized spacial score (nSPS) is 29.8. The van der Waals surface area contributed by atoms with Crippen molar-refractivity contribution in [3.63, 3.8) is 0 Å². The first-order valence-electron chi connectivity index (χ1n) is 7.56. The van der Waals surface area contributed by atoms with E-state index < -0.39 is 0 Å². The predicted molar refractivity (Wildman–Crippen MR) is 80.6 cm³/mol. The van der Waals surface area contributed by atoms with Gasteiger partial charge in [0.1, 0.15) is 0 Å². The van der Waals surface area contributed by atoms with Crippen LogP contribution < -0.4 is 0 Å². The molecule has 3 rings (SSSR count). The van der Waals surface area contributed by atoms with Crippen LogP contribution in [-0.2, 0) is 9.47 Å². The summed E-state index contributed by atoms with van der Waals surface area (Å²) in [5, 5.41) is 0. The molecule has 112 valence electrons. The molecule has 0 N–H and O–H groups in total. The molecule has 1 fully saturated rings. The summed E-state index contributed by atoms with van der Waals surface area (Å²) in [5.41, 5.74) is 2.31. The fourth-order valence-corrected chi connectivity index (χ4v) is 2.88. The van der Waals surface area contributed by atoms with Gasteiger partial charge in [-0.15, -0.1) is 6.58 Å². The van der Waals surface area contributed by atoms with Crippen LogP contribution in [0.15, 0.2) is 48.8 Å². The molecule has 0 radical (unpaired) electrons. The van der Waals surface area contributed by atoms with Gasteiger partial charge >= 0.3 is 0 Å². The predicted octanol–water partition coefficient (Wildman–Crippen LogP) is 4.66. The van der Waals surface area contributed by atoms with E-state index in [1.54, 1.807) is 6.08 Å². The Hall–Kier alpha value is -1.45. The zero-order valence-corrected chi connectivity index (χ0v) is 12.1. The minimum atomic E-state index is -0.279. The summed E-state index contributed by atoms with van der Waals surface area (Å²) in [6, 6.07) is 8.35. The maximum absolute atomic E-state index is 13.1. The van der Waals surface area contributed by atoms with Gasteiger partial charge < -0.3 is 9.47 Å². The Kier molecular flexibility index (Phi) is 4.51. The van der Waals surface area contributed by atoms with Crippen LogP contribution in [0.2, 0.25) is 0 Å². The molecule has 0 amide bonds. The Morgan fingerprint density at radius 2 is 1.76 bits per heavy atom. The molecule has 0 saturated carbocycles. The molecule has 1 aromatic rings. The van der Waals surface area contributed by atoms with Crippen LogP contribution >= 0.6 is 0 Å². The molecule has 21 heavy (non-hydrogen) atoms. The zero-order chi connectivity index (χ0) is 14.7. The Morgan fingerprint density at radius 1 is 1.10 bits per heavy atom. The van der Waals surface area contributed by atoms with E-state index >= 15 is 0 Å². The van der Waals surface area contributed by atoms with Gasteiger partial charge in [-0.1, -0.05) is 36.4 Å². The number of halogens is 1. The van der Waals surface area contributed by atoms with Gasteiger partial charge in [0.05, 0.1) is 19.0 Å². The fourth-order valence-electron chi connectivity index (χ4n) is 2.88. The van der Waals surface area contributed by atoms with Gasteiger partial charge in [0.25, 0.3) is 0 Å². The third-order valence-corrected chi connectivity index (χ3v) is 4.29. The number of hydrogen-bond acceptors (Lipinski definition) is 2. The van der Waals surface area contributed by atoms with Crippen LogP contribution in [-0.4, -0.2) is 13.2 Å². The second-order valence-corrected chi connectivity index (χ2v) is 5.78. The molecular formula is C18H21FO2. The number of rotatable bonds is 3. The van der Waals surface area contributed by atoms with Gasteiger partial charge in [-0.05, 0) is 30.7 Å². The Bertz CT molecular complexity index is 513. The van der Waals surface area contributed by atoms with Crippen LogP contribution in [0.3, 0.4) is 0 Å². The van der Waals surface area contributed by atoms with Crippen LogP contribution in [0.1, 0.15) is 42.6 Å². The Labute approximate surface area is 125 Å². The highest BCUT2D eigenvalue weighted by Crippen LogP contribution is 2.33. The van der Waals surface area contributed by atoms with E-state index in [1.165, 1.54) is 5.56 Å². The smallest absolute Gasteiger partial charge is 0.183 e. The van der Waals surface area contributed by atoms with Crippen LogP contribution in [0.25, 0.3) is 0 Å². The molecule has 1 aliphatic carbocycles. The van der Waals surface area contributed by atoms with Crippen molar-refractivity contribution in [3.8, 4) is 0 Å². The van der Waals surface area contributed by atoms with Crippen LogP contribution in [0.4, 0.5) is 4.39 Å². The van der Waals surface area contributed by atoms with E-state index in [2.05, 4.69) is 30.8 Å². The molecule has 2 nitrogen and oxygen atoms in total. The SMILES string of the molecule is C=C[C@H]1CO[C@H](c2ccc(C3CC=C(F)CC3)cc2)OC1. The highest BCUT2D eigenvalue weighted by molar-refractivity contribution is 5.27. The van der Waals surface area contributed by atoms with Gasteiger partial charge in [-0.2, -0.15) is 0 Å². The maximum atomic E-state index is 13.1. The van der Waals surface area contributed by atoms with Crippen LogP contribution in [0, 0.1) is 5.92 Å². The molecule has 3 heteroatoms.